The van der Waals surface area contributed by atoms with Crippen molar-refractivity contribution < 1.29 is 9.47 Å². The van der Waals surface area contributed by atoms with E-state index in [1.807, 2.05) is 19.2 Å². The Morgan fingerprint density at radius 2 is 1.84 bits per heavy atom. The summed E-state index contributed by atoms with van der Waals surface area (Å²) in [6.45, 7) is 6.61. The van der Waals surface area contributed by atoms with Crippen molar-refractivity contribution in [3.8, 4) is 5.75 Å². The van der Waals surface area contributed by atoms with Gasteiger partial charge in [0.25, 0.3) is 0 Å². The maximum absolute atomic E-state index is 5.98. The molecule has 0 spiro atoms. The van der Waals surface area contributed by atoms with Crippen LogP contribution in [0.2, 0.25) is 0 Å². The van der Waals surface area contributed by atoms with Gasteiger partial charge in [-0.25, -0.2) is 0 Å². The quantitative estimate of drug-likeness (QED) is 0.906. The Hall–Kier alpha value is -1.06. The summed E-state index contributed by atoms with van der Waals surface area (Å²) < 4.78 is 11.5. The molecule has 1 aromatic carbocycles. The van der Waals surface area contributed by atoms with Gasteiger partial charge in [0.05, 0.1) is 19.3 Å². The molecular weight excluding hydrogens is 238 g/mol. The second-order valence-corrected chi connectivity index (χ2v) is 5.49. The van der Waals surface area contributed by atoms with E-state index in [-0.39, 0.29) is 12.1 Å². The summed E-state index contributed by atoms with van der Waals surface area (Å²) >= 11 is 0. The minimum absolute atomic E-state index is 0.256. The molecule has 19 heavy (non-hydrogen) atoms. The Kier molecular flexibility index (Phi) is 4.48. The molecule has 0 aliphatic carbocycles. The highest BCUT2D eigenvalue weighted by molar-refractivity contribution is 5.36. The maximum Gasteiger partial charge on any atom is 0.123 e. The van der Waals surface area contributed by atoms with Gasteiger partial charge in [-0.1, -0.05) is 25.1 Å². The number of rotatable bonds is 4. The molecule has 1 heterocycles. The van der Waals surface area contributed by atoms with Gasteiger partial charge >= 0.3 is 0 Å². The Morgan fingerprint density at radius 1 is 1.16 bits per heavy atom. The molecule has 5 atom stereocenters. The predicted molar refractivity (Wildman–Crippen MR) is 77.5 cm³/mol. The number of ether oxygens (including phenoxy) is 2. The highest BCUT2D eigenvalue weighted by Gasteiger charge is 2.42. The van der Waals surface area contributed by atoms with Crippen LogP contribution in [0.3, 0.4) is 0 Å². The van der Waals surface area contributed by atoms with Crippen LogP contribution in [0, 0.1) is 11.8 Å². The molecule has 3 nitrogen and oxygen atoms in total. The van der Waals surface area contributed by atoms with Gasteiger partial charge in [-0.15, -0.1) is 0 Å². The van der Waals surface area contributed by atoms with Gasteiger partial charge in [-0.3, -0.25) is 0 Å². The average Bonchev–Trinajstić information content (AvgIpc) is 2.67. The van der Waals surface area contributed by atoms with Crippen LogP contribution in [0.5, 0.6) is 5.75 Å². The zero-order valence-electron chi connectivity index (χ0n) is 12.5. The van der Waals surface area contributed by atoms with E-state index >= 15 is 0 Å². The smallest absolute Gasteiger partial charge is 0.123 e. The van der Waals surface area contributed by atoms with Crippen molar-refractivity contribution in [1.82, 2.24) is 5.32 Å². The number of hydrogen-bond donors (Lipinski definition) is 1. The van der Waals surface area contributed by atoms with Crippen molar-refractivity contribution in [2.45, 2.75) is 39.0 Å². The summed E-state index contributed by atoms with van der Waals surface area (Å²) in [5.41, 5.74) is 1.22. The van der Waals surface area contributed by atoms with Gasteiger partial charge < -0.3 is 14.8 Å². The molecule has 1 aliphatic heterocycles. The van der Waals surface area contributed by atoms with Crippen LogP contribution in [0.4, 0.5) is 0 Å². The zero-order valence-corrected chi connectivity index (χ0v) is 12.5. The molecule has 0 bridgehead atoms. The number of hydrogen-bond acceptors (Lipinski definition) is 3. The van der Waals surface area contributed by atoms with Crippen LogP contribution in [0.1, 0.15) is 32.4 Å². The van der Waals surface area contributed by atoms with Crippen LogP contribution in [-0.4, -0.2) is 26.4 Å². The SMILES string of the molecule is CNC(c1ccccc1OC)C1C(C)OC(C)C1C. The largest absolute Gasteiger partial charge is 0.496 e. The van der Waals surface area contributed by atoms with E-state index in [1.54, 1.807) is 7.11 Å². The third kappa shape index (κ3) is 2.63. The van der Waals surface area contributed by atoms with Crippen molar-refractivity contribution in [3.05, 3.63) is 29.8 Å². The lowest BCUT2D eigenvalue weighted by Gasteiger charge is -2.30. The normalized spacial score (nSPS) is 32.3. The van der Waals surface area contributed by atoms with Crippen LogP contribution in [0.25, 0.3) is 0 Å². The van der Waals surface area contributed by atoms with E-state index in [2.05, 4.69) is 38.2 Å². The van der Waals surface area contributed by atoms with E-state index in [4.69, 9.17) is 9.47 Å². The molecule has 5 unspecified atom stereocenters. The summed E-state index contributed by atoms with van der Waals surface area (Å²) in [4.78, 5) is 0. The van der Waals surface area contributed by atoms with Crippen molar-refractivity contribution in [2.75, 3.05) is 14.2 Å². The van der Waals surface area contributed by atoms with Crippen molar-refractivity contribution >= 4 is 0 Å². The molecular formula is C16H25NO2. The first kappa shape index (κ1) is 14.4. The number of nitrogens with one attached hydrogen (secondary N) is 1. The van der Waals surface area contributed by atoms with E-state index < -0.39 is 0 Å². The lowest BCUT2D eigenvalue weighted by Crippen LogP contribution is -2.33. The standard InChI is InChI=1S/C16H25NO2/c1-10-11(2)19-12(3)15(10)16(17-4)13-8-6-7-9-14(13)18-5/h6-12,15-17H,1-5H3. The van der Waals surface area contributed by atoms with E-state index in [1.165, 1.54) is 5.56 Å². The first-order chi connectivity index (χ1) is 9.10. The molecule has 106 valence electrons. The molecule has 1 fully saturated rings. The molecule has 1 aliphatic rings. The fraction of sp³-hybridized carbons (Fsp3) is 0.625. The Balaban J connectivity index is 2.34. The van der Waals surface area contributed by atoms with Gasteiger partial charge in [0.1, 0.15) is 5.75 Å². The monoisotopic (exact) mass is 263 g/mol. The van der Waals surface area contributed by atoms with Crippen LogP contribution < -0.4 is 10.1 Å². The summed E-state index contributed by atoms with van der Waals surface area (Å²) in [6.07, 6.45) is 0.568. The number of methoxy groups -OCH3 is 1. The molecule has 0 saturated carbocycles. The maximum atomic E-state index is 5.98. The minimum Gasteiger partial charge on any atom is -0.496 e. The fourth-order valence-corrected chi connectivity index (χ4v) is 3.35. The molecule has 1 aromatic rings. The lowest BCUT2D eigenvalue weighted by molar-refractivity contribution is 0.0477. The fourth-order valence-electron chi connectivity index (χ4n) is 3.35. The first-order valence-corrected chi connectivity index (χ1v) is 7.05. The Morgan fingerprint density at radius 3 is 2.37 bits per heavy atom. The Labute approximate surface area is 116 Å². The van der Waals surface area contributed by atoms with E-state index in [0.29, 0.717) is 17.9 Å². The van der Waals surface area contributed by atoms with Gasteiger partial charge in [0.15, 0.2) is 0 Å². The number of benzene rings is 1. The molecule has 3 heteroatoms. The molecule has 2 rings (SSSR count). The summed E-state index contributed by atoms with van der Waals surface area (Å²) in [7, 11) is 3.74. The third-order valence-electron chi connectivity index (χ3n) is 4.49. The molecule has 1 saturated heterocycles. The molecule has 0 radical (unpaired) electrons. The number of para-hydroxylation sites is 1. The van der Waals surface area contributed by atoms with Crippen molar-refractivity contribution in [3.63, 3.8) is 0 Å². The highest BCUT2D eigenvalue weighted by atomic mass is 16.5. The van der Waals surface area contributed by atoms with Crippen LogP contribution >= 0.6 is 0 Å². The second-order valence-electron chi connectivity index (χ2n) is 5.49. The third-order valence-corrected chi connectivity index (χ3v) is 4.49. The molecule has 0 amide bonds. The van der Waals surface area contributed by atoms with Gasteiger partial charge in [-0.2, -0.15) is 0 Å². The van der Waals surface area contributed by atoms with E-state index in [0.717, 1.165) is 5.75 Å². The predicted octanol–water partition coefficient (Wildman–Crippen LogP) is 3.02. The first-order valence-electron chi connectivity index (χ1n) is 7.05. The lowest BCUT2D eigenvalue weighted by atomic mass is 9.80. The van der Waals surface area contributed by atoms with Gasteiger partial charge in [0, 0.05) is 17.5 Å². The average molecular weight is 263 g/mol. The van der Waals surface area contributed by atoms with Crippen molar-refractivity contribution in [2.24, 2.45) is 11.8 Å². The van der Waals surface area contributed by atoms with Crippen LogP contribution in [-0.2, 0) is 4.74 Å². The highest BCUT2D eigenvalue weighted by Crippen LogP contribution is 2.42. The van der Waals surface area contributed by atoms with Crippen molar-refractivity contribution in [1.29, 1.82) is 0 Å². The second kappa shape index (κ2) is 5.93. The zero-order chi connectivity index (χ0) is 14.0. The Bertz CT molecular complexity index is 421. The molecule has 1 N–H and O–H groups in total. The summed E-state index contributed by atoms with van der Waals surface area (Å²) in [5, 5.41) is 3.46. The van der Waals surface area contributed by atoms with Crippen LogP contribution in [0.15, 0.2) is 24.3 Å². The minimum atomic E-state index is 0.256. The van der Waals surface area contributed by atoms with Gasteiger partial charge in [0.2, 0.25) is 0 Å². The van der Waals surface area contributed by atoms with E-state index in [9.17, 15) is 0 Å². The van der Waals surface area contributed by atoms with Gasteiger partial charge in [-0.05, 0) is 32.9 Å². The summed E-state index contributed by atoms with van der Waals surface area (Å²) in [6, 6.07) is 8.49. The topological polar surface area (TPSA) is 30.5 Å². The summed E-state index contributed by atoms with van der Waals surface area (Å²) in [5.74, 6) is 1.93. The molecule has 0 aromatic heterocycles.